The number of fused-ring (bicyclic) bond motifs is 1. The minimum absolute atomic E-state index is 0.0750. The zero-order chi connectivity index (χ0) is 22.7. The van der Waals surface area contributed by atoms with E-state index in [1.807, 2.05) is 0 Å². The Bertz CT molecular complexity index is 1050. The molecular weight excluding hydrogens is 436 g/mol. The van der Waals surface area contributed by atoms with Crippen LogP contribution < -0.4 is 10.6 Å². The second kappa shape index (κ2) is 9.27. The third-order valence-electron chi connectivity index (χ3n) is 5.96. The van der Waals surface area contributed by atoms with Crippen LogP contribution in [0.25, 0.3) is 0 Å². The molecule has 1 saturated heterocycles. The lowest BCUT2D eigenvalue weighted by atomic mass is 9.97. The van der Waals surface area contributed by atoms with E-state index in [4.69, 9.17) is 4.74 Å². The zero-order valence-electron chi connectivity index (χ0n) is 17.6. The van der Waals surface area contributed by atoms with Crippen molar-refractivity contribution >= 4 is 33.8 Å². The molecule has 172 valence electrons. The van der Waals surface area contributed by atoms with Gasteiger partial charge in [-0.25, -0.2) is 4.79 Å². The maximum Gasteiger partial charge on any atom is 0.321 e. The molecule has 11 heteroatoms. The van der Waals surface area contributed by atoms with Crippen molar-refractivity contribution < 1.29 is 27.5 Å². The molecule has 3 amide bonds. The van der Waals surface area contributed by atoms with E-state index >= 15 is 0 Å². The van der Waals surface area contributed by atoms with Gasteiger partial charge in [0.05, 0.1) is 5.92 Å². The Morgan fingerprint density at radius 3 is 2.62 bits per heavy atom. The number of ether oxygens (including phenoxy) is 1. The molecule has 0 bridgehead atoms. The second-order valence-electron chi connectivity index (χ2n) is 8.28. The average molecular weight is 463 g/mol. The maximum absolute atomic E-state index is 12.5. The summed E-state index contributed by atoms with van der Waals surface area (Å²) in [7, 11) is -3.74. The topological polar surface area (TPSA) is 134 Å². The molecule has 1 aromatic rings. The summed E-state index contributed by atoms with van der Waals surface area (Å²) in [4.78, 5) is 38.2. The van der Waals surface area contributed by atoms with Crippen molar-refractivity contribution in [1.29, 1.82) is 0 Å². The van der Waals surface area contributed by atoms with Crippen LogP contribution in [0.5, 0.6) is 0 Å². The maximum atomic E-state index is 12.5. The lowest BCUT2D eigenvalue weighted by Crippen LogP contribution is -2.46. The summed E-state index contributed by atoms with van der Waals surface area (Å²) in [6.07, 6.45) is 5.10. The first-order valence-electron chi connectivity index (χ1n) is 10.8. The first-order valence-corrected chi connectivity index (χ1v) is 12.2. The van der Waals surface area contributed by atoms with Gasteiger partial charge in [-0.1, -0.05) is 25.0 Å². The van der Waals surface area contributed by atoms with E-state index in [2.05, 4.69) is 15.0 Å². The molecule has 2 aliphatic heterocycles. The van der Waals surface area contributed by atoms with E-state index < -0.39 is 40.5 Å². The highest BCUT2D eigenvalue weighted by atomic mass is 32.2. The smallest absolute Gasteiger partial charge is 0.321 e. The van der Waals surface area contributed by atoms with Crippen LogP contribution in [0.1, 0.15) is 44.1 Å². The van der Waals surface area contributed by atoms with Gasteiger partial charge in [0, 0.05) is 24.7 Å². The number of hydrogen-bond acceptors (Lipinski definition) is 7. The van der Waals surface area contributed by atoms with Crippen LogP contribution in [-0.4, -0.2) is 62.8 Å². The highest BCUT2D eigenvalue weighted by Gasteiger charge is 2.35. The number of amides is 3. The summed E-state index contributed by atoms with van der Waals surface area (Å²) in [5, 5.41) is 4.91. The molecule has 32 heavy (non-hydrogen) atoms. The fourth-order valence-corrected chi connectivity index (χ4v) is 5.61. The lowest BCUT2D eigenvalue weighted by Gasteiger charge is -2.32. The minimum atomic E-state index is -3.74. The number of nitrogens with zero attached hydrogens (tertiary/aromatic N) is 2. The van der Waals surface area contributed by atoms with E-state index in [9.17, 15) is 22.8 Å². The van der Waals surface area contributed by atoms with Gasteiger partial charge >= 0.3 is 12.0 Å². The normalized spacial score (nSPS) is 22.1. The molecule has 0 aromatic heterocycles. The molecule has 1 unspecified atom stereocenters. The van der Waals surface area contributed by atoms with Gasteiger partial charge in [0.1, 0.15) is 4.90 Å². The molecule has 1 atom stereocenters. The average Bonchev–Trinajstić information content (AvgIpc) is 3.38. The Morgan fingerprint density at radius 1 is 1.09 bits per heavy atom. The van der Waals surface area contributed by atoms with Crippen LogP contribution in [0.2, 0.25) is 0 Å². The number of imide groups is 1. The van der Waals surface area contributed by atoms with E-state index in [1.54, 1.807) is 23.1 Å². The molecule has 0 spiro atoms. The van der Waals surface area contributed by atoms with Crippen LogP contribution >= 0.6 is 0 Å². The summed E-state index contributed by atoms with van der Waals surface area (Å²) in [6.45, 7) is 0.255. The fourth-order valence-electron chi connectivity index (χ4n) is 4.39. The van der Waals surface area contributed by atoms with Crippen molar-refractivity contribution in [3.8, 4) is 0 Å². The molecule has 2 fully saturated rings. The third-order valence-corrected chi connectivity index (χ3v) is 7.28. The van der Waals surface area contributed by atoms with Crippen molar-refractivity contribution in [2.24, 2.45) is 10.3 Å². The van der Waals surface area contributed by atoms with Gasteiger partial charge in [0.25, 0.3) is 15.9 Å². The Kier molecular flexibility index (Phi) is 6.45. The number of likely N-dealkylation sites (tertiary alicyclic amines) is 1. The largest absolute Gasteiger partial charge is 0.455 e. The number of urea groups is 1. The summed E-state index contributed by atoms with van der Waals surface area (Å²) in [5.41, 5.74) is 0.522. The van der Waals surface area contributed by atoms with Crippen molar-refractivity contribution in [2.75, 3.05) is 19.7 Å². The first kappa shape index (κ1) is 22.3. The van der Waals surface area contributed by atoms with Crippen LogP contribution in [-0.2, 0) is 24.3 Å². The summed E-state index contributed by atoms with van der Waals surface area (Å²) in [5.74, 6) is -1.45. The van der Waals surface area contributed by atoms with Gasteiger partial charge in [-0.05, 0) is 37.8 Å². The number of amidine groups is 1. The SMILES string of the molecule is O=C(COC(=O)C1CCCN(C2=NS(=O)(=O)c3ccccc32)C1)NC(=O)NC1CCCC1. The minimum Gasteiger partial charge on any atom is -0.455 e. The molecule has 1 saturated carbocycles. The Balaban J connectivity index is 1.29. The predicted molar refractivity (Wildman–Crippen MR) is 114 cm³/mol. The van der Waals surface area contributed by atoms with Gasteiger partial charge in [0.15, 0.2) is 12.4 Å². The molecule has 10 nitrogen and oxygen atoms in total. The van der Waals surface area contributed by atoms with Crippen molar-refractivity contribution in [3.63, 3.8) is 0 Å². The predicted octanol–water partition coefficient (Wildman–Crippen LogP) is 1.16. The summed E-state index contributed by atoms with van der Waals surface area (Å²) >= 11 is 0. The molecule has 2 heterocycles. The number of nitrogens with one attached hydrogen (secondary N) is 2. The van der Waals surface area contributed by atoms with Crippen LogP contribution in [0, 0.1) is 5.92 Å². The molecule has 1 aliphatic carbocycles. The molecular formula is C21H26N4O6S. The summed E-state index contributed by atoms with van der Waals surface area (Å²) < 4.78 is 33.7. The van der Waals surface area contributed by atoms with Gasteiger partial charge in [0.2, 0.25) is 0 Å². The zero-order valence-corrected chi connectivity index (χ0v) is 18.4. The number of esters is 1. The molecule has 4 rings (SSSR count). The quantitative estimate of drug-likeness (QED) is 0.641. The van der Waals surface area contributed by atoms with Gasteiger partial charge in [-0.2, -0.15) is 8.42 Å². The van der Waals surface area contributed by atoms with Crippen molar-refractivity contribution in [2.45, 2.75) is 49.5 Å². The number of piperidine rings is 1. The standard InChI is InChI=1S/C21H26N4O6S/c26-18(23-21(28)22-15-7-1-2-8-15)13-31-20(27)14-6-5-11-25(12-14)19-16-9-3-4-10-17(16)32(29,30)24-19/h3-4,9-10,14-15H,1-2,5-8,11-13H2,(H2,22,23,26,28). The van der Waals surface area contributed by atoms with Gasteiger partial charge < -0.3 is 15.0 Å². The van der Waals surface area contributed by atoms with E-state index in [0.717, 1.165) is 25.7 Å². The first-order chi connectivity index (χ1) is 15.3. The van der Waals surface area contributed by atoms with E-state index in [0.29, 0.717) is 30.8 Å². The second-order valence-corrected chi connectivity index (χ2v) is 9.85. The van der Waals surface area contributed by atoms with Crippen molar-refractivity contribution in [1.82, 2.24) is 15.5 Å². The molecule has 3 aliphatic rings. The highest BCUT2D eigenvalue weighted by molar-refractivity contribution is 7.90. The van der Waals surface area contributed by atoms with Crippen LogP contribution in [0.15, 0.2) is 33.6 Å². The third kappa shape index (κ3) is 4.93. The lowest BCUT2D eigenvalue weighted by molar-refractivity contribution is -0.153. The Morgan fingerprint density at radius 2 is 1.84 bits per heavy atom. The van der Waals surface area contributed by atoms with E-state index in [1.165, 1.54) is 6.07 Å². The number of carbonyl (C=O) groups excluding carboxylic acids is 3. The number of hydrogen-bond donors (Lipinski definition) is 2. The van der Waals surface area contributed by atoms with Crippen LogP contribution in [0.4, 0.5) is 4.79 Å². The monoisotopic (exact) mass is 462 g/mol. The molecule has 2 N–H and O–H groups in total. The number of sulfonamides is 1. The molecule has 1 aromatic carbocycles. The summed E-state index contributed by atoms with van der Waals surface area (Å²) in [6, 6.07) is 6.09. The highest BCUT2D eigenvalue weighted by Crippen LogP contribution is 2.30. The Hall–Kier alpha value is -2.95. The van der Waals surface area contributed by atoms with Gasteiger partial charge in [-0.15, -0.1) is 4.40 Å². The van der Waals surface area contributed by atoms with Crippen molar-refractivity contribution in [3.05, 3.63) is 29.8 Å². The van der Waals surface area contributed by atoms with E-state index in [-0.39, 0.29) is 17.5 Å². The number of carbonyl (C=O) groups is 3. The Labute approximate surface area is 186 Å². The fraction of sp³-hybridized carbons (Fsp3) is 0.524. The van der Waals surface area contributed by atoms with Gasteiger partial charge in [-0.3, -0.25) is 14.9 Å². The number of benzene rings is 1. The molecule has 0 radical (unpaired) electrons. The van der Waals surface area contributed by atoms with Crippen LogP contribution in [0.3, 0.4) is 0 Å². The number of rotatable bonds is 4.